The van der Waals surface area contributed by atoms with Gasteiger partial charge in [0.25, 0.3) is 0 Å². The van der Waals surface area contributed by atoms with Gasteiger partial charge in [-0.3, -0.25) is 0 Å². The first-order valence-corrected chi connectivity index (χ1v) is 8.05. The zero-order chi connectivity index (χ0) is 17.2. The average Bonchev–Trinajstić information content (AvgIpc) is 2.45. The summed E-state index contributed by atoms with van der Waals surface area (Å²) in [5.74, 6) is 0.885. The van der Waals surface area contributed by atoms with Crippen LogP contribution >= 0.6 is 0 Å². The van der Waals surface area contributed by atoms with Gasteiger partial charge in [-0.1, -0.05) is 0 Å². The molecule has 23 heavy (non-hydrogen) atoms. The summed E-state index contributed by atoms with van der Waals surface area (Å²) in [5.41, 5.74) is 1.41. The first-order valence-electron chi connectivity index (χ1n) is 8.05. The third-order valence-corrected chi connectivity index (χ3v) is 3.84. The van der Waals surface area contributed by atoms with Crippen molar-refractivity contribution in [2.75, 3.05) is 31.1 Å². The van der Waals surface area contributed by atoms with Gasteiger partial charge in [0, 0.05) is 37.9 Å². The number of hydrogen-bond donors (Lipinski definition) is 1. The monoisotopic (exact) mass is 321 g/mol. The highest BCUT2D eigenvalue weighted by Crippen LogP contribution is 2.22. The van der Waals surface area contributed by atoms with Gasteiger partial charge < -0.3 is 19.6 Å². The summed E-state index contributed by atoms with van der Waals surface area (Å²) in [5, 5.41) is 9.68. The van der Waals surface area contributed by atoms with E-state index >= 15 is 0 Å². The van der Waals surface area contributed by atoms with Gasteiger partial charge >= 0.3 is 6.09 Å². The maximum atomic E-state index is 12.1. The molecule has 1 aromatic heterocycles. The van der Waals surface area contributed by atoms with Crippen LogP contribution in [0.3, 0.4) is 0 Å². The smallest absolute Gasteiger partial charge is 0.410 e. The summed E-state index contributed by atoms with van der Waals surface area (Å²) < 4.78 is 5.40. The number of ether oxygens (including phenoxy) is 1. The number of nitrogens with zero attached hydrogens (tertiary/aromatic N) is 3. The van der Waals surface area contributed by atoms with Gasteiger partial charge in [-0.05, 0) is 46.2 Å². The minimum absolute atomic E-state index is 0.259. The summed E-state index contributed by atoms with van der Waals surface area (Å²) in [6.45, 7) is 12.0. The van der Waals surface area contributed by atoms with E-state index in [2.05, 4.69) is 9.88 Å². The van der Waals surface area contributed by atoms with Gasteiger partial charge in [0.2, 0.25) is 0 Å². The molecule has 0 unspecified atom stereocenters. The average molecular weight is 321 g/mol. The molecule has 0 spiro atoms. The van der Waals surface area contributed by atoms with Crippen molar-refractivity contribution in [2.45, 2.75) is 46.3 Å². The molecule has 0 aromatic carbocycles. The number of pyridine rings is 1. The van der Waals surface area contributed by atoms with Gasteiger partial charge in [-0.2, -0.15) is 0 Å². The molecular formula is C17H27N3O3. The Hall–Kier alpha value is -1.82. The van der Waals surface area contributed by atoms with Crippen LogP contribution in [0.5, 0.6) is 0 Å². The Bertz CT molecular complexity index is 559. The SMILES string of the molecule is Cc1cc(N2CCN(C(=O)OC(C)(C)C)CC2)ncc1[C@H](C)O. The zero-order valence-electron chi connectivity index (χ0n) is 14.7. The van der Waals surface area contributed by atoms with Crippen molar-refractivity contribution < 1.29 is 14.6 Å². The van der Waals surface area contributed by atoms with E-state index in [-0.39, 0.29) is 6.09 Å². The Morgan fingerprint density at radius 3 is 2.39 bits per heavy atom. The van der Waals surface area contributed by atoms with Crippen LogP contribution in [0.1, 0.15) is 44.9 Å². The number of carbonyl (C=O) groups is 1. The lowest BCUT2D eigenvalue weighted by Crippen LogP contribution is -2.50. The zero-order valence-corrected chi connectivity index (χ0v) is 14.7. The maximum absolute atomic E-state index is 12.1. The van der Waals surface area contributed by atoms with E-state index in [0.717, 1.165) is 30.0 Å². The fourth-order valence-corrected chi connectivity index (χ4v) is 2.61. The minimum atomic E-state index is -0.513. The number of aryl methyl sites for hydroxylation is 1. The van der Waals surface area contributed by atoms with Crippen molar-refractivity contribution in [2.24, 2.45) is 0 Å². The second-order valence-corrected chi connectivity index (χ2v) is 7.03. The fourth-order valence-electron chi connectivity index (χ4n) is 2.61. The number of carbonyl (C=O) groups excluding carboxylic acids is 1. The number of hydrogen-bond acceptors (Lipinski definition) is 5. The van der Waals surface area contributed by atoms with Gasteiger partial charge in [-0.15, -0.1) is 0 Å². The second-order valence-electron chi connectivity index (χ2n) is 7.03. The first-order chi connectivity index (χ1) is 10.7. The quantitative estimate of drug-likeness (QED) is 0.906. The lowest BCUT2D eigenvalue weighted by atomic mass is 10.1. The molecule has 1 aromatic rings. The van der Waals surface area contributed by atoms with Crippen LogP contribution in [-0.4, -0.2) is 52.9 Å². The Morgan fingerprint density at radius 1 is 1.30 bits per heavy atom. The molecule has 1 aliphatic rings. The number of piperazine rings is 1. The summed E-state index contributed by atoms with van der Waals surface area (Å²) >= 11 is 0. The molecule has 0 bridgehead atoms. The van der Waals surface area contributed by atoms with Crippen molar-refractivity contribution in [3.05, 3.63) is 23.4 Å². The van der Waals surface area contributed by atoms with Crippen LogP contribution in [0.2, 0.25) is 0 Å². The van der Waals surface area contributed by atoms with Gasteiger partial charge in [0.15, 0.2) is 0 Å². The van der Waals surface area contributed by atoms with Crippen molar-refractivity contribution in [1.29, 1.82) is 0 Å². The number of aliphatic hydroxyl groups excluding tert-OH is 1. The molecule has 2 rings (SSSR count). The third-order valence-electron chi connectivity index (χ3n) is 3.84. The van der Waals surface area contributed by atoms with Crippen molar-refractivity contribution in [3.8, 4) is 0 Å². The van der Waals surface area contributed by atoms with E-state index < -0.39 is 11.7 Å². The van der Waals surface area contributed by atoms with Gasteiger partial charge in [-0.25, -0.2) is 9.78 Å². The molecule has 1 fully saturated rings. The summed E-state index contributed by atoms with van der Waals surface area (Å²) in [6.07, 6.45) is 0.960. The van der Waals surface area contributed by atoms with Gasteiger partial charge in [0.05, 0.1) is 6.10 Å². The van der Waals surface area contributed by atoms with E-state index in [4.69, 9.17) is 4.74 Å². The molecule has 6 heteroatoms. The van der Waals surface area contributed by atoms with Crippen molar-refractivity contribution in [3.63, 3.8) is 0 Å². The predicted molar refractivity (Wildman–Crippen MR) is 89.6 cm³/mol. The van der Waals surface area contributed by atoms with Crippen LogP contribution in [0, 0.1) is 6.92 Å². The molecule has 0 aliphatic carbocycles. The molecule has 1 amide bonds. The lowest BCUT2D eigenvalue weighted by molar-refractivity contribution is 0.0240. The number of rotatable bonds is 2. The summed E-state index contributed by atoms with van der Waals surface area (Å²) in [7, 11) is 0. The predicted octanol–water partition coefficient (Wildman–Crippen LogP) is 2.50. The highest BCUT2D eigenvalue weighted by molar-refractivity contribution is 5.68. The molecule has 2 heterocycles. The molecule has 1 saturated heterocycles. The lowest BCUT2D eigenvalue weighted by Gasteiger charge is -2.36. The molecule has 1 N–H and O–H groups in total. The molecule has 0 saturated carbocycles. The second kappa shape index (κ2) is 6.74. The fraction of sp³-hybridized carbons (Fsp3) is 0.647. The Kier molecular flexibility index (Phi) is 5.14. The van der Waals surface area contributed by atoms with Crippen LogP contribution in [0.25, 0.3) is 0 Å². The van der Waals surface area contributed by atoms with Crippen LogP contribution in [0.15, 0.2) is 12.3 Å². The Balaban J connectivity index is 1.97. The number of anilines is 1. The van der Waals surface area contributed by atoms with Crippen molar-refractivity contribution in [1.82, 2.24) is 9.88 Å². The molecule has 1 atom stereocenters. The Morgan fingerprint density at radius 2 is 1.91 bits per heavy atom. The largest absolute Gasteiger partial charge is 0.444 e. The number of aromatic nitrogens is 1. The highest BCUT2D eigenvalue weighted by atomic mass is 16.6. The molecule has 6 nitrogen and oxygen atoms in total. The highest BCUT2D eigenvalue weighted by Gasteiger charge is 2.26. The van der Waals surface area contributed by atoms with E-state index in [1.165, 1.54) is 0 Å². The normalized spacial score (nSPS) is 17.1. The third kappa shape index (κ3) is 4.58. The summed E-state index contributed by atoms with van der Waals surface area (Å²) in [6, 6.07) is 1.99. The van der Waals surface area contributed by atoms with E-state index in [1.807, 2.05) is 33.8 Å². The van der Waals surface area contributed by atoms with Gasteiger partial charge in [0.1, 0.15) is 11.4 Å². The maximum Gasteiger partial charge on any atom is 0.410 e. The van der Waals surface area contributed by atoms with Crippen LogP contribution < -0.4 is 4.90 Å². The number of aliphatic hydroxyl groups is 1. The van der Waals surface area contributed by atoms with Crippen LogP contribution in [0.4, 0.5) is 10.6 Å². The van der Waals surface area contributed by atoms with Crippen LogP contribution in [-0.2, 0) is 4.74 Å². The van der Waals surface area contributed by atoms with E-state index in [1.54, 1.807) is 18.0 Å². The molecule has 128 valence electrons. The Labute approximate surface area is 138 Å². The standard InChI is InChI=1S/C17H27N3O3/c1-12-10-15(18-11-14(12)13(2)21)19-6-8-20(9-7-19)16(22)23-17(3,4)5/h10-11,13,21H,6-9H2,1-5H3/t13-/m0/s1. The topological polar surface area (TPSA) is 65.9 Å². The molecule has 1 aliphatic heterocycles. The first kappa shape index (κ1) is 17.5. The van der Waals surface area contributed by atoms with E-state index in [0.29, 0.717) is 13.1 Å². The number of amides is 1. The molecule has 0 radical (unpaired) electrons. The minimum Gasteiger partial charge on any atom is -0.444 e. The summed E-state index contributed by atoms with van der Waals surface area (Å²) in [4.78, 5) is 20.4. The van der Waals surface area contributed by atoms with Crippen molar-refractivity contribution >= 4 is 11.9 Å². The molecular weight excluding hydrogens is 294 g/mol. The van der Waals surface area contributed by atoms with E-state index in [9.17, 15) is 9.90 Å².